The molecule has 18 heavy (non-hydrogen) atoms. The van der Waals surface area contributed by atoms with E-state index in [2.05, 4.69) is 40.1 Å². The zero-order valence-electron chi connectivity index (χ0n) is 10.6. The summed E-state index contributed by atoms with van der Waals surface area (Å²) in [6, 6.07) is 3.61. The highest BCUT2D eigenvalue weighted by Crippen LogP contribution is 2.28. The first-order chi connectivity index (χ1) is 8.47. The quantitative estimate of drug-likeness (QED) is 0.823. The molecule has 0 amide bonds. The van der Waals surface area contributed by atoms with E-state index in [0.717, 1.165) is 22.2 Å². The summed E-state index contributed by atoms with van der Waals surface area (Å²) in [5.41, 5.74) is 1.78. The lowest BCUT2D eigenvalue weighted by molar-refractivity contribution is 0.537. The number of aliphatic imine (C=N–C) groups is 1. The molecule has 0 aromatic heterocycles. The number of hydrogen-bond donors (Lipinski definition) is 1. The van der Waals surface area contributed by atoms with Crippen LogP contribution in [0.2, 0.25) is 0 Å². The van der Waals surface area contributed by atoms with Crippen LogP contribution in [0.25, 0.3) is 0 Å². The van der Waals surface area contributed by atoms with Gasteiger partial charge in [-0.15, -0.1) is 0 Å². The Labute approximate surface area is 120 Å². The first-order valence-corrected chi connectivity index (χ1v) is 7.68. The third-order valence-corrected chi connectivity index (χ3v) is 4.92. The van der Waals surface area contributed by atoms with E-state index in [1.165, 1.54) is 6.07 Å². The number of benzene rings is 1. The molecule has 0 radical (unpaired) electrons. The Morgan fingerprint density at radius 1 is 1.44 bits per heavy atom. The fourth-order valence-corrected chi connectivity index (χ4v) is 3.13. The van der Waals surface area contributed by atoms with Gasteiger partial charge in [0, 0.05) is 11.4 Å². The second kappa shape index (κ2) is 5.61. The van der Waals surface area contributed by atoms with Crippen molar-refractivity contribution in [2.24, 2.45) is 10.9 Å². The minimum atomic E-state index is -0.238. The minimum Gasteiger partial charge on any atom is -0.335 e. The van der Waals surface area contributed by atoms with E-state index in [0.29, 0.717) is 16.4 Å². The first kappa shape index (κ1) is 13.9. The van der Waals surface area contributed by atoms with E-state index in [4.69, 9.17) is 0 Å². The van der Waals surface area contributed by atoms with Crippen LogP contribution in [0.15, 0.2) is 21.6 Å². The van der Waals surface area contributed by atoms with Crippen molar-refractivity contribution in [3.05, 3.63) is 28.0 Å². The zero-order chi connectivity index (χ0) is 13.3. The molecule has 2 rings (SSSR count). The van der Waals surface area contributed by atoms with Crippen molar-refractivity contribution >= 4 is 38.5 Å². The van der Waals surface area contributed by atoms with Crippen molar-refractivity contribution < 1.29 is 4.39 Å². The Bertz CT molecular complexity index is 490. The average Bonchev–Trinajstić information content (AvgIpc) is 2.31. The summed E-state index contributed by atoms with van der Waals surface area (Å²) < 4.78 is 13.8. The maximum Gasteiger partial charge on any atom is 0.161 e. The predicted molar refractivity (Wildman–Crippen MR) is 81.0 cm³/mol. The van der Waals surface area contributed by atoms with Crippen molar-refractivity contribution in [1.82, 2.24) is 0 Å². The number of halogens is 2. The number of aryl methyl sites for hydroxylation is 1. The van der Waals surface area contributed by atoms with Crippen LogP contribution in [0, 0.1) is 18.7 Å². The van der Waals surface area contributed by atoms with Gasteiger partial charge < -0.3 is 5.32 Å². The van der Waals surface area contributed by atoms with Gasteiger partial charge in [-0.25, -0.2) is 4.39 Å². The zero-order valence-corrected chi connectivity index (χ0v) is 13.0. The Hall–Kier alpha value is -0.550. The molecule has 1 aromatic rings. The van der Waals surface area contributed by atoms with Crippen LogP contribution >= 0.6 is 27.7 Å². The van der Waals surface area contributed by atoms with Crippen molar-refractivity contribution in [2.75, 3.05) is 11.1 Å². The summed E-state index contributed by atoms with van der Waals surface area (Å²) in [7, 11) is 0. The van der Waals surface area contributed by atoms with Crippen LogP contribution < -0.4 is 5.32 Å². The monoisotopic (exact) mass is 330 g/mol. The topological polar surface area (TPSA) is 24.4 Å². The lowest BCUT2D eigenvalue weighted by Gasteiger charge is -2.24. The van der Waals surface area contributed by atoms with Gasteiger partial charge >= 0.3 is 0 Å². The molecule has 98 valence electrons. The molecule has 2 unspecified atom stereocenters. The normalized spacial score (nSPS) is 23.7. The van der Waals surface area contributed by atoms with Crippen LogP contribution in [0.1, 0.15) is 19.4 Å². The second-order valence-corrected chi connectivity index (χ2v) is 6.53. The number of nitrogens with one attached hydrogen (secondary N) is 1. The van der Waals surface area contributed by atoms with Gasteiger partial charge in [0.1, 0.15) is 5.82 Å². The summed E-state index contributed by atoms with van der Waals surface area (Å²) in [6.07, 6.45) is 0. The van der Waals surface area contributed by atoms with Crippen molar-refractivity contribution in [2.45, 2.75) is 26.8 Å². The van der Waals surface area contributed by atoms with Crippen LogP contribution in [0.3, 0.4) is 0 Å². The maximum atomic E-state index is 13.3. The number of amidine groups is 1. The highest BCUT2D eigenvalue weighted by atomic mass is 79.9. The number of thioether (sulfide) groups is 1. The summed E-state index contributed by atoms with van der Waals surface area (Å²) >= 11 is 4.92. The van der Waals surface area contributed by atoms with Crippen LogP contribution in [0.4, 0.5) is 10.1 Å². The SMILES string of the molecule is Cc1cc(F)c(Br)cc1NC1=NC(C)C(C)CS1. The van der Waals surface area contributed by atoms with Crippen LogP contribution in [0.5, 0.6) is 0 Å². The third-order valence-electron chi connectivity index (χ3n) is 3.14. The minimum absolute atomic E-state index is 0.238. The van der Waals surface area contributed by atoms with E-state index < -0.39 is 0 Å². The van der Waals surface area contributed by atoms with Gasteiger partial charge in [0.2, 0.25) is 0 Å². The van der Waals surface area contributed by atoms with Gasteiger partial charge in [0.05, 0.1) is 10.5 Å². The number of anilines is 1. The van der Waals surface area contributed by atoms with Crippen molar-refractivity contribution in [3.8, 4) is 0 Å². The third kappa shape index (κ3) is 3.06. The average molecular weight is 331 g/mol. The first-order valence-electron chi connectivity index (χ1n) is 5.90. The summed E-state index contributed by atoms with van der Waals surface area (Å²) in [4.78, 5) is 4.61. The van der Waals surface area contributed by atoms with Crippen molar-refractivity contribution in [3.63, 3.8) is 0 Å². The van der Waals surface area contributed by atoms with Gasteiger partial charge in [-0.3, -0.25) is 4.99 Å². The van der Waals surface area contributed by atoms with Crippen LogP contribution in [-0.4, -0.2) is 17.0 Å². The fraction of sp³-hybridized carbons (Fsp3) is 0.462. The molecule has 1 N–H and O–H groups in total. The molecule has 0 aliphatic carbocycles. The fourth-order valence-electron chi connectivity index (χ4n) is 1.66. The highest BCUT2D eigenvalue weighted by Gasteiger charge is 2.19. The second-order valence-electron chi connectivity index (χ2n) is 4.67. The van der Waals surface area contributed by atoms with Gasteiger partial charge in [-0.2, -0.15) is 0 Å². The summed E-state index contributed by atoms with van der Waals surface area (Å²) in [6.45, 7) is 6.22. The molecule has 5 heteroatoms. The van der Waals surface area contributed by atoms with Gasteiger partial charge in [0.25, 0.3) is 0 Å². The lowest BCUT2D eigenvalue weighted by Crippen LogP contribution is -2.25. The van der Waals surface area contributed by atoms with Gasteiger partial charge in [-0.1, -0.05) is 18.7 Å². The Morgan fingerprint density at radius 3 is 2.83 bits per heavy atom. The number of hydrogen-bond acceptors (Lipinski definition) is 3. The molecular formula is C13H16BrFN2S. The van der Waals surface area contributed by atoms with E-state index in [1.54, 1.807) is 17.8 Å². The molecule has 1 heterocycles. The molecule has 0 spiro atoms. The Morgan fingerprint density at radius 2 is 2.17 bits per heavy atom. The largest absolute Gasteiger partial charge is 0.335 e. The summed E-state index contributed by atoms with van der Waals surface area (Å²) in [5, 5.41) is 4.20. The molecule has 1 aromatic carbocycles. The van der Waals surface area contributed by atoms with Crippen molar-refractivity contribution in [1.29, 1.82) is 0 Å². The molecule has 0 saturated heterocycles. The smallest absolute Gasteiger partial charge is 0.161 e. The lowest BCUT2D eigenvalue weighted by atomic mass is 10.1. The van der Waals surface area contributed by atoms with E-state index >= 15 is 0 Å². The Balaban J connectivity index is 2.20. The summed E-state index contributed by atoms with van der Waals surface area (Å²) in [5.74, 6) is 1.42. The van der Waals surface area contributed by atoms with Gasteiger partial charge in [0.15, 0.2) is 5.17 Å². The molecule has 1 aliphatic rings. The van der Waals surface area contributed by atoms with E-state index in [9.17, 15) is 4.39 Å². The molecule has 2 nitrogen and oxygen atoms in total. The molecule has 0 fully saturated rings. The van der Waals surface area contributed by atoms with Crippen LogP contribution in [-0.2, 0) is 0 Å². The number of rotatable bonds is 1. The number of nitrogens with zero attached hydrogens (tertiary/aromatic N) is 1. The maximum absolute atomic E-state index is 13.3. The predicted octanol–water partition coefficient (Wildman–Crippen LogP) is 4.44. The van der Waals surface area contributed by atoms with E-state index in [1.807, 2.05) is 6.92 Å². The van der Waals surface area contributed by atoms with Gasteiger partial charge in [-0.05, 0) is 53.4 Å². The standard InChI is InChI=1S/C13H16BrFN2S/c1-7-4-11(15)10(14)5-12(7)17-13-16-9(3)8(2)6-18-13/h4-5,8-9H,6H2,1-3H3,(H,16,17). The van der Waals surface area contributed by atoms with E-state index in [-0.39, 0.29) is 5.82 Å². The highest BCUT2D eigenvalue weighted by molar-refractivity contribution is 9.10. The molecule has 0 bridgehead atoms. The molecule has 1 aliphatic heterocycles. The Kier molecular flexibility index (Phi) is 4.33. The molecule has 0 saturated carbocycles. The molecule has 2 atom stereocenters. The molecular weight excluding hydrogens is 315 g/mol.